The van der Waals surface area contributed by atoms with Crippen molar-refractivity contribution in [1.29, 1.82) is 0 Å². The van der Waals surface area contributed by atoms with Crippen LogP contribution in [0.1, 0.15) is 29.8 Å². The number of carboxylic acids is 1. The fourth-order valence-corrected chi connectivity index (χ4v) is 3.11. The van der Waals surface area contributed by atoms with Crippen molar-refractivity contribution in [1.82, 2.24) is 9.88 Å². The Morgan fingerprint density at radius 2 is 2.04 bits per heavy atom. The molecule has 2 N–H and O–H groups in total. The van der Waals surface area contributed by atoms with E-state index in [1.165, 1.54) is 0 Å². The third kappa shape index (κ3) is 3.31. The average molecular weight is 316 g/mol. The molecule has 122 valence electrons. The lowest BCUT2D eigenvalue weighted by Gasteiger charge is -2.31. The monoisotopic (exact) mass is 316 g/mol. The van der Waals surface area contributed by atoms with Gasteiger partial charge in [0.2, 0.25) is 0 Å². The number of hydrogen-bond donors (Lipinski definition) is 2. The predicted octanol–water partition coefficient (Wildman–Crippen LogP) is 2.50. The minimum absolute atomic E-state index is 0.0334. The van der Waals surface area contributed by atoms with E-state index in [4.69, 9.17) is 9.84 Å². The number of rotatable bonds is 4. The van der Waals surface area contributed by atoms with Gasteiger partial charge in [0.15, 0.2) is 0 Å². The van der Waals surface area contributed by atoms with Crippen LogP contribution in [-0.2, 0) is 4.79 Å². The largest absolute Gasteiger partial charge is 0.497 e. The van der Waals surface area contributed by atoms with Crippen LogP contribution < -0.4 is 4.74 Å². The number of hydrogen-bond acceptors (Lipinski definition) is 3. The van der Waals surface area contributed by atoms with E-state index >= 15 is 0 Å². The van der Waals surface area contributed by atoms with Crippen molar-refractivity contribution >= 4 is 22.8 Å². The molecule has 6 heteroatoms. The van der Waals surface area contributed by atoms with Gasteiger partial charge in [0.05, 0.1) is 7.11 Å². The van der Waals surface area contributed by atoms with E-state index in [-0.39, 0.29) is 18.2 Å². The number of H-pyrrole nitrogens is 1. The Bertz CT molecular complexity index is 729. The molecule has 1 aromatic carbocycles. The van der Waals surface area contributed by atoms with E-state index in [2.05, 4.69) is 4.98 Å². The summed E-state index contributed by atoms with van der Waals surface area (Å²) in [7, 11) is 1.61. The van der Waals surface area contributed by atoms with E-state index < -0.39 is 5.97 Å². The van der Waals surface area contributed by atoms with Crippen LogP contribution in [0.25, 0.3) is 10.9 Å². The Balaban J connectivity index is 1.70. The van der Waals surface area contributed by atoms with Gasteiger partial charge in [0, 0.05) is 30.4 Å². The van der Waals surface area contributed by atoms with Crippen LogP contribution in [-0.4, -0.2) is 47.1 Å². The molecule has 1 aliphatic heterocycles. The molecule has 2 aromatic rings. The van der Waals surface area contributed by atoms with Gasteiger partial charge in [-0.2, -0.15) is 0 Å². The number of nitrogens with one attached hydrogen (secondary N) is 1. The van der Waals surface area contributed by atoms with Crippen molar-refractivity contribution in [2.24, 2.45) is 5.92 Å². The minimum Gasteiger partial charge on any atom is -0.497 e. The topological polar surface area (TPSA) is 82.6 Å². The van der Waals surface area contributed by atoms with Gasteiger partial charge in [-0.15, -0.1) is 0 Å². The second kappa shape index (κ2) is 6.32. The first-order chi connectivity index (χ1) is 11.1. The summed E-state index contributed by atoms with van der Waals surface area (Å²) < 4.78 is 5.19. The highest BCUT2D eigenvalue weighted by molar-refractivity contribution is 5.98. The number of ether oxygens (including phenoxy) is 1. The van der Waals surface area contributed by atoms with E-state index in [0.717, 1.165) is 29.5 Å². The van der Waals surface area contributed by atoms with Gasteiger partial charge in [-0.3, -0.25) is 9.59 Å². The average Bonchev–Trinajstić information content (AvgIpc) is 2.97. The van der Waals surface area contributed by atoms with Crippen molar-refractivity contribution in [2.45, 2.75) is 19.3 Å². The first-order valence-electron chi connectivity index (χ1n) is 7.74. The summed E-state index contributed by atoms with van der Waals surface area (Å²) >= 11 is 0. The highest BCUT2D eigenvalue weighted by atomic mass is 16.5. The fraction of sp³-hybridized carbons (Fsp3) is 0.412. The van der Waals surface area contributed by atoms with Crippen molar-refractivity contribution < 1.29 is 19.4 Å². The molecule has 3 rings (SSSR count). The number of carbonyl (C=O) groups is 2. The highest BCUT2D eigenvalue weighted by Crippen LogP contribution is 2.24. The molecule has 23 heavy (non-hydrogen) atoms. The summed E-state index contributed by atoms with van der Waals surface area (Å²) in [6, 6.07) is 7.47. The van der Waals surface area contributed by atoms with Gasteiger partial charge >= 0.3 is 5.97 Å². The zero-order valence-electron chi connectivity index (χ0n) is 13.0. The fourth-order valence-electron chi connectivity index (χ4n) is 3.11. The summed E-state index contributed by atoms with van der Waals surface area (Å²) in [6.45, 7) is 1.21. The molecule has 0 aliphatic carbocycles. The van der Waals surface area contributed by atoms with E-state index in [9.17, 15) is 9.59 Å². The number of carboxylic acid groups (broad SMARTS) is 1. The number of aliphatic carboxylic acids is 1. The summed E-state index contributed by atoms with van der Waals surface area (Å²) in [5, 5.41) is 9.78. The summed E-state index contributed by atoms with van der Waals surface area (Å²) in [5.74, 6) is 0.127. The number of amides is 1. The second-order valence-corrected chi connectivity index (χ2v) is 5.97. The number of benzene rings is 1. The van der Waals surface area contributed by atoms with E-state index in [0.29, 0.717) is 18.8 Å². The quantitative estimate of drug-likeness (QED) is 0.908. The Morgan fingerprint density at radius 1 is 1.30 bits per heavy atom. The van der Waals surface area contributed by atoms with Gasteiger partial charge < -0.3 is 19.7 Å². The van der Waals surface area contributed by atoms with E-state index in [1.54, 1.807) is 12.0 Å². The number of aromatic nitrogens is 1. The molecule has 0 unspecified atom stereocenters. The van der Waals surface area contributed by atoms with Gasteiger partial charge in [-0.25, -0.2) is 0 Å². The zero-order valence-corrected chi connectivity index (χ0v) is 13.0. The molecule has 0 spiro atoms. The highest BCUT2D eigenvalue weighted by Gasteiger charge is 2.25. The number of fused-ring (bicyclic) bond motifs is 1. The summed E-state index contributed by atoms with van der Waals surface area (Å²) in [6.07, 6.45) is 1.67. The number of piperidine rings is 1. The van der Waals surface area contributed by atoms with Crippen molar-refractivity contribution in [3.8, 4) is 5.75 Å². The maximum absolute atomic E-state index is 12.6. The molecule has 1 saturated heterocycles. The van der Waals surface area contributed by atoms with Gasteiger partial charge in [-0.05, 0) is 43.0 Å². The van der Waals surface area contributed by atoms with Crippen molar-refractivity contribution in [2.75, 3.05) is 20.2 Å². The van der Waals surface area contributed by atoms with E-state index in [1.807, 2.05) is 24.3 Å². The SMILES string of the molecule is COc1ccc2[nH]c(C(=O)N3CCC(CC(=O)O)CC3)cc2c1. The summed E-state index contributed by atoms with van der Waals surface area (Å²) in [5.41, 5.74) is 1.46. The number of carbonyl (C=O) groups excluding carboxylic acids is 1. The number of likely N-dealkylation sites (tertiary alicyclic amines) is 1. The van der Waals surface area contributed by atoms with Gasteiger partial charge in [0.1, 0.15) is 11.4 Å². The Kier molecular flexibility index (Phi) is 4.23. The Morgan fingerprint density at radius 3 is 2.70 bits per heavy atom. The molecule has 1 amide bonds. The zero-order chi connectivity index (χ0) is 16.4. The third-order valence-corrected chi connectivity index (χ3v) is 4.42. The van der Waals surface area contributed by atoms with Crippen molar-refractivity contribution in [3.63, 3.8) is 0 Å². The van der Waals surface area contributed by atoms with Gasteiger partial charge in [-0.1, -0.05) is 0 Å². The normalized spacial score (nSPS) is 15.8. The van der Waals surface area contributed by atoms with Crippen LogP contribution in [0.2, 0.25) is 0 Å². The standard InChI is InChI=1S/C17H20N2O4/c1-23-13-2-3-14-12(9-13)10-15(18-14)17(22)19-6-4-11(5-7-19)8-16(20)21/h2-3,9-11,18H,4-8H2,1H3,(H,20,21). The molecular weight excluding hydrogens is 296 g/mol. The molecule has 6 nitrogen and oxygen atoms in total. The molecule has 1 fully saturated rings. The Labute approximate surface area is 134 Å². The maximum atomic E-state index is 12.6. The van der Waals surface area contributed by atoms with Crippen LogP contribution in [0.3, 0.4) is 0 Å². The second-order valence-electron chi connectivity index (χ2n) is 5.97. The minimum atomic E-state index is -0.764. The molecule has 1 aliphatic rings. The first kappa shape index (κ1) is 15.4. The summed E-state index contributed by atoms with van der Waals surface area (Å²) in [4.78, 5) is 28.3. The number of methoxy groups -OCH3 is 1. The number of nitrogens with zero attached hydrogens (tertiary/aromatic N) is 1. The lowest BCUT2D eigenvalue weighted by molar-refractivity contribution is -0.138. The molecule has 1 aromatic heterocycles. The van der Waals surface area contributed by atoms with Crippen LogP contribution in [0.15, 0.2) is 24.3 Å². The molecule has 2 heterocycles. The Hall–Kier alpha value is -2.50. The molecule has 0 atom stereocenters. The van der Waals surface area contributed by atoms with Crippen LogP contribution >= 0.6 is 0 Å². The predicted molar refractivity (Wildman–Crippen MR) is 85.7 cm³/mol. The van der Waals surface area contributed by atoms with Crippen molar-refractivity contribution in [3.05, 3.63) is 30.0 Å². The van der Waals surface area contributed by atoms with Crippen LogP contribution in [0, 0.1) is 5.92 Å². The lowest BCUT2D eigenvalue weighted by atomic mass is 9.93. The first-order valence-corrected chi connectivity index (χ1v) is 7.74. The van der Waals surface area contributed by atoms with Crippen LogP contribution in [0.5, 0.6) is 5.75 Å². The molecule has 0 bridgehead atoms. The molecule has 0 saturated carbocycles. The maximum Gasteiger partial charge on any atom is 0.303 e. The smallest absolute Gasteiger partial charge is 0.303 e. The third-order valence-electron chi connectivity index (χ3n) is 4.42. The number of aromatic amines is 1. The van der Waals surface area contributed by atoms with Gasteiger partial charge in [0.25, 0.3) is 5.91 Å². The molecular formula is C17H20N2O4. The van der Waals surface area contributed by atoms with Crippen LogP contribution in [0.4, 0.5) is 0 Å². The lowest BCUT2D eigenvalue weighted by Crippen LogP contribution is -2.39. The molecule has 0 radical (unpaired) electrons.